The summed E-state index contributed by atoms with van der Waals surface area (Å²) in [6, 6.07) is 21.4. The number of halogens is 1. The number of carbonyl (C=O) groups excluding carboxylic acids is 1. The minimum Gasteiger partial charge on any atom is -0.457 e. The molecule has 0 atom stereocenters. The summed E-state index contributed by atoms with van der Waals surface area (Å²) in [5.74, 6) is 1.33. The van der Waals surface area contributed by atoms with Gasteiger partial charge in [-0.05, 0) is 43.3 Å². The predicted molar refractivity (Wildman–Crippen MR) is 110 cm³/mol. The first-order valence-electron chi connectivity index (χ1n) is 8.84. The van der Waals surface area contributed by atoms with Gasteiger partial charge in [-0.3, -0.25) is 4.79 Å². The van der Waals surface area contributed by atoms with E-state index in [1.54, 1.807) is 6.07 Å². The smallest absolute Gasteiger partial charge is 0.150 e. The van der Waals surface area contributed by atoms with E-state index in [9.17, 15) is 9.18 Å². The van der Waals surface area contributed by atoms with Gasteiger partial charge in [0.15, 0.2) is 0 Å². The van der Waals surface area contributed by atoms with E-state index in [0.717, 1.165) is 17.2 Å². The van der Waals surface area contributed by atoms with Crippen molar-refractivity contribution in [2.75, 3.05) is 12.4 Å². The number of hydrogen-bond donors (Lipinski definition) is 1. The van der Waals surface area contributed by atoms with Gasteiger partial charge in [-0.25, -0.2) is 4.39 Å². The van der Waals surface area contributed by atoms with E-state index in [1.165, 1.54) is 23.8 Å². The van der Waals surface area contributed by atoms with E-state index in [1.807, 2.05) is 69.4 Å². The fourth-order valence-corrected chi connectivity index (χ4v) is 2.04. The zero-order valence-corrected chi connectivity index (χ0v) is 16.2. The van der Waals surface area contributed by atoms with Crippen molar-refractivity contribution in [1.82, 2.24) is 0 Å². The molecule has 0 aliphatic heterocycles. The maximum absolute atomic E-state index is 12.2. The fourth-order valence-electron chi connectivity index (χ4n) is 2.04. The van der Waals surface area contributed by atoms with Crippen LogP contribution in [-0.4, -0.2) is 13.3 Å². The standard InChI is InChI=1S/C14H15NO.C7H5FO.C2H6/c1-11-6-8-13(9-7-11)16-14-5-3-4-12(10-14)15-2;8-7-3-1-2-6(4-7)5-9;1-2/h3-10,15H,1-2H3;1-5H;1-2H3. The quantitative estimate of drug-likeness (QED) is 0.535. The van der Waals surface area contributed by atoms with E-state index in [4.69, 9.17) is 4.74 Å². The molecule has 3 rings (SSSR count). The first-order valence-corrected chi connectivity index (χ1v) is 8.84. The lowest BCUT2D eigenvalue weighted by atomic mass is 10.2. The molecule has 3 nitrogen and oxygen atoms in total. The van der Waals surface area contributed by atoms with Gasteiger partial charge in [0.1, 0.15) is 23.6 Å². The number of aryl methyl sites for hydroxylation is 1. The zero-order chi connectivity index (χ0) is 20.1. The Morgan fingerprint density at radius 3 is 2.11 bits per heavy atom. The molecule has 0 aromatic heterocycles. The average Bonchev–Trinajstić information content (AvgIpc) is 2.72. The van der Waals surface area contributed by atoms with Gasteiger partial charge in [0.05, 0.1) is 0 Å². The van der Waals surface area contributed by atoms with Crippen LogP contribution in [0.5, 0.6) is 11.5 Å². The number of rotatable bonds is 4. The Kier molecular flexibility index (Phi) is 9.94. The van der Waals surface area contributed by atoms with Gasteiger partial charge in [-0.15, -0.1) is 0 Å². The molecule has 0 saturated heterocycles. The van der Waals surface area contributed by atoms with Crippen molar-refractivity contribution in [2.24, 2.45) is 0 Å². The number of hydrogen-bond acceptors (Lipinski definition) is 3. The molecule has 0 amide bonds. The van der Waals surface area contributed by atoms with Crippen LogP contribution in [0.3, 0.4) is 0 Å². The molecule has 3 aromatic carbocycles. The topological polar surface area (TPSA) is 38.3 Å². The first kappa shape index (κ1) is 21.9. The minimum atomic E-state index is -0.375. The number of carbonyl (C=O) groups is 1. The molecule has 1 N–H and O–H groups in total. The van der Waals surface area contributed by atoms with Crippen LogP contribution in [0.1, 0.15) is 29.8 Å². The Hall–Kier alpha value is -3.14. The fraction of sp³-hybridized carbons (Fsp3) is 0.174. The van der Waals surface area contributed by atoms with Crippen LogP contribution >= 0.6 is 0 Å². The molecule has 0 aliphatic rings. The third-order valence-corrected chi connectivity index (χ3v) is 3.36. The van der Waals surface area contributed by atoms with Crippen molar-refractivity contribution in [3.8, 4) is 11.5 Å². The third-order valence-electron chi connectivity index (χ3n) is 3.36. The van der Waals surface area contributed by atoms with Crippen molar-refractivity contribution < 1.29 is 13.9 Å². The molecule has 0 aliphatic carbocycles. The second-order valence-electron chi connectivity index (χ2n) is 5.37. The summed E-state index contributed by atoms with van der Waals surface area (Å²) in [5, 5.41) is 3.08. The molecule has 0 saturated carbocycles. The normalized spacial score (nSPS) is 9.07. The van der Waals surface area contributed by atoms with Gasteiger partial charge >= 0.3 is 0 Å². The molecule has 3 aromatic rings. The molecule has 142 valence electrons. The summed E-state index contributed by atoms with van der Waals surface area (Å²) in [6.07, 6.45) is 0.614. The summed E-state index contributed by atoms with van der Waals surface area (Å²) in [7, 11) is 1.89. The van der Waals surface area contributed by atoms with Gasteiger partial charge < -0.3 is 10.1 Å². The Balaban J connectivity index is 0.000000282. The molecule has 27 heavy (non-hydrogen) atoms. The monoisotopic (exact) mass is 367 g/mol. The summed E-state index contributed by atoms with van der Waals surface area (Å²) < 4.78 is 17.9. The number of ether oxygens (including phenoxy) is 1. The first-order chi connectivity index (χ1) is 13.1. The van der Waals surface area contributed by atoms with Crippen molar-refractivity contribution in [1.29, 1.82) is 0 Å². The van der Waals surface area contributed by atoms with Gasteiger partial charge in [0, 0.05) is 24.4 Å². The SMILES string of the molecule is CC.CNc1cccc(Oc2ccc(C)cc2)c1.O=Cc1cccc(F)c1. The van der Waals surface area contributed by atoms with Crippen LogP contribution in [0.25, 0.3) is 0 Å². The largest absolute Gasteiger partial charge is 0.457 e. The van der Waals surface area contributed by atoms with Gasteiger partial charge in [-0.2, -0.15) is 0 Å². The molecule has 0 unspecified atom stereocenters. The summed E-state index contributed by atoms with van der Waals surface area (Å²) in [6.45, 7) is 6.06. The highest BCUT2D eigenvalue weighted by Crippen LogP contribution is 2.23. The van der Waals surface area contributed by atoms with E-state index in [2.05, 4.69) is 12.2 Å². The molecule has 0 fully saturated rings. The maximum atomic E-state index is 12.2. The Labute approximate surface area is 160 Å². The van der Waals surface area contributed by atoms with E-state index in [-0.39, 0.29) is 5.82 Å². The van der Waals surface area contributed by atoms with Crippen molar-refractivity contribution in [3.05, 3.63) is 89.7 Å². The van der Waals surface area contributed by atoms with Crippen LogP contribution in [0.4, 0.5) is 10.1 Å². The highest BCUT2D eigenvalue weighted by molar-refractivity contribution is 5.74. The highest BCUT2D eigenvalue weighted by Gasteiger charge is 1.97. The Morgan fingerprint density at radius 1 is 0.889 bits per heavy atom. The van der Waals surface area contributed by atoms with Gasteiger partial charge in [0.25, 0.3) is 0 Å². The van der Waals surface area contributed by atoms with Gasteiger partial charge in [-0.1, -0.05) is 49.7 Å². The van der Waals surface area contributed by atoms with E-state index < -0.39 is 0 Å². The van der Waals surface area contributed by atoms with Crippen molar-refractivity contribution in [2.45, 2.75) is 20.8 Å². The van der Waals surface area contributed by atoms with Crippen LogP contribution in [-0.2, 0) is 0 Å². The Bertz CT molecular complexity index is 817. The van der Waals surface area contributed by atoms with Crippen LogP contribution in [0.15, 0.2) is 72.8 Å². The van der Waals surface area contributed by atoms with Crippen molar-refractivity contribution in [3.63, 3.8) is 0 Å². The lowest BCUT2D eigenvalue weighted by molar-refractivity contribution is 0.112. The zero-order valence-electron chi connectivity index (χ0n) is 16.2. The van der Waals surface area contributed by atoms with Crippen LogP contribution < -0.4 is 10.1 Å². The van der Waals surface area contributed by atoms with E-state index in [0.29, 0.717) is 11.8 Å². The molecule has 0 heterocycles. The molecular weight excluding hydrogens is 341 g/mol. The number of anilines is 1. The maximum Gasteiger partial charge on any atom is 0.150 e. The highest BCUT2D eigenvalue weighted by atomic mass is 19.1. The second-order valence-corrected chi connectivity index (χ2v) is 5.37. The summed E-state index contributed by atoms with van der Waals surface area (Å²) >= 11 is 0. The van der Waals surface area contributed by atoms with Crippen molar-refractivity contribution >= 4 is 12.0 Å². The lowest BCUT2D eigenvalue weighted by Crippen LogP contribution is -1.89. The Morgan fingerprint density at radius 2 is 1.56 bits per heavy atom. The van der Waals surface area contributed by atoms with Gasteiger partial charge in [0.2, 0.25) is 0 Å². The predicted octanol–water partition coefficient (Wildman–Crippen LogP) is 6.49. The number of aldehydes is 1. The third kappa shape index (κ3) is 8.19. The average molecular weight is 367 g/mol. The summed E-state index contributed by atoms with van der Waals surface area (Å²) in [5.41, 5.74) is 2.65. The number of nitrogens with one attached hydrogen (secondary N) is 1. The molecule has 0 radical (unpaired) electrons. The van der Waals surface area contributed by atoms with Crippen LogP contribution in [0.2, 0.25) is 0 Å². The lowest BCUT2D eigenvalue weighted by Gasteiger charge is -2.07. The minimum absolute atomic E-state index is 0.370. The molecule has 0 bridgehead atoms. The second kappa shape index (κ2) is 12.3. The number of benzene rings is 3. The van der Waals surface area contributed by atoms with E-state index >= 15 is 0 Å². The molecule has 4 heteroatoms. The summed E-state index contributed by atoms with van der Waals surface area (Å²) in [4.78, 5) is 9.99. The molecule has 0 spiro atoms. The van der Waals surface area contributed by atoms with Crippen LogP contribution in [0, 0.1) is 12.7 Å². The molecular formula is C23H26FNO2.